The number of carbonyl (C=O) groups excluding carboxylic acids is 1. The van der Waals surface area contributed by atoms with Gasteiger partial charge >= 0.3 is 6.18 Å². The maximum Gasteiger partial charge on any atom is 0.416 e. The molecule has 2 N–H and O–H groups in total. The maximum atomic E-state index is 12.4. The summed E-state index contributed by atoms with van der Waals surface area (Å²) in [5.41, 5.74) is -1.09. The Morgan fingerprint density at radius 3 is 2.44 bits per heavy atom. The summed E-state index contributed by atoms with van der Waals surface area (Å²) in [5, 5.41) is 0.545. The van der Waals surface area contributed by atoms with Crippen LogP contribution in [-0.2, 0) is 11.0 Å². The summed E-state index contributed by atoms with van der Waals surface area (Å²) >= 11 is 5.64. The van der Waals surface area contributed by atoms with Crippen molar-refractivity contribution in [2.45, 2.75) is 13.1 Å². The summed E-state index contributed by atoms with van der Waals surface area (Å²) in [4.78, 5) is 10.9. The molecule has 0 radical (unpaired) electrons. The largest absolute Gasteiger partial charge is 0.416 e. The Bertz CT molecular complexity index is 420. The highest BCUT2D eigenvalue weighted by molar-refractivity contribution is 6.33. The number of rotatable bonds is 1. The Balaban J connectivity index is 3.24. The summed E-state index contributed by atoms with van der Waals surface area (Å²) in [6.07, 6.45) is -4.50. The van der Waals surface area contributed by atoms with Crippen molar-refractivity contribution in [3.05, 3.63) is 28.8 Å². The molecule has 88 valence electrons. The fourth-order valence-corrected chi connectivity index (χ4v) is 1.25. The summed E-state index contributed by atoms with van der Waals surface area (Å²) in [7, 11) is 0. The van der Waals surface area contributed by atoms with Gasteiger partial charge in [0.05, 0.1) is 16.3 Å². The molecule has 7 heteroatoms. The van der Waals surface area contributed by atoms with Crippen LogP contribution in [0.5, 0.6) is 0 Å². The standard InChI is InChI=1S/C9H8ClF3N2O/c1-5(16)15(14)8-4-6(9(11,12)13)2-3-7(8)10/h2-4H,14H2,1H3. The first-order chi connectivity index (χ1) is 7.23. The maximum absolute atomic E-state index is 12.4. The number of carbonyl (C=O) groups is 1. The predicted octanol–water partition coefficient (Wildman–Crippen LogP) is 2.59. The van der Waals surface area contributed by atoms with Crippen molar-refractivity contribution in [1.29, 1.82) is 0 Å². The second-order valence-electron chi connectivity index (χ2n) is 3.05. The minimum Gasteiger partial charge on any atom is -0.273 e. The number of anilines is 1. The topological polar surface area (TPSA) is 46.3 Å². The minimum atomic E-state index is -4.50. The number of amides is 1. The molecule has 0 heterocycles. The van der Waals surface area contributed by atoms with E-state index in [1.54, 1.807) is 0 Å². The summed E-state index contributed by atoms with van der Waals surface area (Å²) < 4.78 is 37.1. The molecule has 0 aliphatic rings. The molecule has 0 aliphatic heterocycles. The van der Waals surface area contributed by atoms with Crippen LogP contribution >= 0.6 is 11.6 Å². The Kier molecular flexibility index (Phi) is 3.44. The van der Waals surface area contributed by atoms with Crippen LogP contribution in [0.4, 0.5) is 18.9 Å². The lowest BCUT2D eigenvalue weighted by Gasteiger charge is -2.17. The van der Waals surface area contributed by atoms with Gasteiger partial charge in [0.2, 0.25) is 5.91 Å². The lowest BCUT2D eigenvalue weighted by Crippen LogP contribution is -2.35. The quantitative estimate of drug-likeness (QED) is 0.474. The zero-order valence-corrected chi connectivity index (χ0v) is 8.93. The molecule has 1 aromatic carbocycles. The highest BCUT2D eigenvalue weighted by atomic mass is 35.5. The molecule has 0 saturated heterocycles. The molecule has 0 aliphatic carbocycles. The molecule has 0 saturated carbocycles. The van der Waals surface area contributed by atoms with E-state index in [1.165, 1.54) is 0 Å². The lowest BCUT2D eigenvalue weighted by molar-refractivity contribution is -0.137. The van der Waals surface area contributed by atoms with Crippen LogP contribution in [-0.4, -0.2) is 5.91 Å². The normalized spacial score (nSPS) is 11.4. The molecule has 1 amide bonds. The fourth-order valence-electron chi connectivity index (χ4n) is 1.04. The van der Waals surface area contributed by atoms with Crippen molar-refractivity contribution in [3.8, 4) is 0 Å². The number of nitrogens with zero attached hydrogens (tertiary/aromatic N) is 1. The monoisotopic (exact) mass is 252 g/mol. The predicted molar refractivity (Wildman–Crippen MR) is 53.8 cm³/mol. The van der Waals surface area contributed by atoms with Crippen LogP contribution < -0.4 is 10.9 Å². The van der Waals surface area contributed by atoms with Gasteiger partial charge in [-0.2, -0.15) is 13.2 Å². The molecule has 0 fully saturated rings. The van der Waals surface area contributed by atoms with Gasteiger partial charge in [0.25, 0.3) is 0 Å². The molecule has 0 spiro atoms. The van der Waals surface area contributed by atoms with Gasteiger partial charge in [-0.15, -0.1) is 0 Å². The molecule has 3 nitrogen and oxygen atoms in total. The van der Waals surface area contributed by atoms with Crippen LogP contribution in [0.15, 0.2) is 18.2 Å². The Labute approximate surface area is 94.6 Å². The summed E-state index contributed by atoms with van der Waals surface area (Å²) in [6, 6.07) is 2.59. The fraction of sp³-hybridized carbons (Fsp3) is 0.222. The van der Waals surface area contributed by atoms with Crippen molar-refractivity contribution in [3.63, 3.8) is 0 Å². The molecule has 1 rings (SSSR count). The number of benzene rings is 1. The van der Waals surface area contributed by atoms with E-state index in [0.717, 1.165) is 25.1 Å². The van der Waals surface area contributed by atoms with E-state index >= 15 is 0 Å². The van der Waals surface area contributed by atoms with Gasteiger partial charge < -0.3 is 0 Å². The van der Waals surface area contributed by atoms with E-state index in [9.17, 15) is 18.0 Å². The second-order valence-corrected chi connectivity index (χ2v) is 3.46. The lowest BCUT2D eigenvalue weighted by atomic mass is 10.2. The van der Waals surface area contributed by atoms with E-state index in [4.69, 9.17) is 17.4 Å². The first-order valence-electron chi connectivity index (χ1n) is 4.15. The van der Waals surface area contributed by atoms with E-state index in [-0.39, 0.29) is 10.7 Å². The van der Waals surface area contributed by atoms with Crippen molar-refractivity contribution in [2.75, 3.05) is 5.01 Å². The average molecular weight is 253 g/mol. The molecule has 16 heavy (non-hydrogen) atoms. The zero-order chi connectivity index (χ0) is 12.5. The molecule has 0 unspecified atom stereocenters. The second kappa shape index (κ2) is 4.31. The highest BCUT2D eigenvalue weighted by Crippen LogP contribution is 2.34. The van der Waals surface area contributed by atoms with Crippen LogP contribution in [0, 0.1) is 0 Å². The van der Waals surface area contributed by atoms with Crippen molar-refractivity contribution in [2.24, 2.45) is 5.84 Å². The highest BCUT2D eigenvalue weighted by Gasteiger charge is 2.31. The number of nitrogens with two attached hydrogens (primary N) is 1. The Hall–Kier alpha value is -1.27. The van der Waals surface area contributed by atoms with Crippen LogP contribution in [0.2, 0.25) is 5.02 Å². The molecule has 0 bridgehead atoms. The van der Waals surface area contributed by atoms with Gasteiger partial charge in [0.1, 0.15) is 0 Å². The van der Waals surface area contributed by atoms with Crippen molar-refractivity contribution in [1.82, 2.24) is 0 Å². The van der Waals surface area contributed by atoms with E-state index in [0.29, 0.717) is 5.01 Å². The van der Waals surface area contributed by atoms with Gasteiger partial charge in [-0.25, -0.2) is 10.9 Å². The summed E-state index contributed by atoms with van der Waals surface area (Å²) in [5.74, 6) is 4.67. The average Bonchev–Trinajstić information content (AvgIpc) is 2.15. The molecular formula is C9H8ClF3N2O. The van der Waals surface area contributed by atoms with Crippen LogP contribution in [0.1, 0.15) is 12.5 Å². The van der Waals surface area contributed by atoms with Crippen LogP contribution in [0.3, 0.4) is 0 Å². The number of hydrogen-bond donors (Lipinski definition) is 1. The zero-order valence-electron chi connectivity index (χ0n) is 8.18. The molecule has 1 aromatic rings. The van der Waals surface area contributed by atoms with Gasteiger partial charge in [0.15, 0.2) is 0 Å². The Morgan fingerprint density at radius 2 is 2.00 bits per heavy atom. The first-order valence-corrected chi connectivity index (χ1v) is 4.53. The van der Waals surface area contributed by atoms with Crippen molar-refractivity contribution < 1.29 is 18.0 Å². The Morgan fingerprint density at radius 1 is 1.44 bits per heavy atom. The van der Waals surface area contributed by atoms with Crippen molar-refractivity contribution >= 4 is 23.2 Å². The molecular weight excluding hydrogens is 245 g/mol. The number of alkyl halides is 3. The molecule has 0 atom stereocenters. The van der Waals surface area contributed by atoms with Gasteiger partial charge in [-0.3, -0.25) is 4.79 Å². The summed E-state index contributed by atoms with van der Waals surface area (Å²) in [6.45, 7) is 1.12. The van der Waals surface area contributed by atoms with Crippen LogP contribution in [0.25, 0.3) is 0 Å². The van der Waals surface area contributed by atoms with E-state index in [2.05, 4.69) is 0 Å². The third-order valence-electron chi connectivity index (χ3n) is 1.87. The van der Waals surface area contributed by atoms with E-state index in [1.807, 2.05) is 0 Å². The van der Waals surface area contributed by atoms with Gasteiger partial charge in [-0.05, 0) is 18.2 Å². The number of hydrazine groups is 1. The van der Waals surface area contributed by atoms with Gasteiger partial charge in [-0.1, -0.05) is 11.6 Å². The third kappa shape index (κ3) is 2.65. The number of halogens is 4. The third-order valence-corrected chi connectivity index (χ3v) is 2.19. The minimum absolute atomic E-state index is 0.0225. The van der Waals surface area contributed by atoms with E-state index < -0.39 is 17.6 Å². The first kappa shape index (κ1) is 12.8. The number of hydrogen-bond acceptors (Lipinski definition) is 2. The van der Waals surface area contributed by atoms with Gasteiger partial charge in [0, 0.05) is 6.92 Å². The SMILES string of the molecule is CC(=O)N(N)c1cc(C(F)(F)F)ccc1Cl. The smallest absolute Gasteiger partial charge is 0.273 e. The molecule has 0 aromatic heterocycles.